The molecule has 0 aromatic carbocycles. The Bertz CT molecular complexity index is 496. The summed E-state index contributed by atoms with van der Waals surface area (Å²) >= 11 is 10.8. The van der Waals surface area contributed by atoms with Crippen LogP contribution in [0.1, 0.15) is 0 Å². The molecule has 0 atom stereocenters. The van der Waals surface area contributed by atoms with E-state index < -0.39 is 0 Å². The summed E-state index contributed by atoms with van der Waals surface area (Å²) < 4.78 is 0.518. The van der Waals surface area contributed by atoms with E-state index in [1.165, 1.54) is 6.33 Å². The zero-order chi connectivity index (χ0) is 9.97. The number of aromatic nitrogens is 4. The van der Waals surface area contributed by atoms with Gasteiger partial charge in [0.25, 0.3) is 0 Å². The molecule has 6 heteroatoms. The van der Waals surface area contributed by atoms with Crippen molar-refractivity contribution in [1.82, 2.24) is 20.2 Å². The summed E-state index contributed by atoms with van der Waals surface area (Å²) in [6, 6.07) is 1.68. The number of aromatic amines is 1. The van der Waals surface area contributed by atoms with Crippen LogP contribution in [-0.4, -0.2) is 20.2 Å². The minimum Gasteiger partial charge on any atom is -0.266 e. The summed E-state index contributed by atoms with van der Waals surface area (Å²) in [6.07, 6.45) is 4.80. The fourth-order valence-electron chi connectivity index (χ4n) is 1.03. The van der Waals surface area contributed by atoms with E-state index in [-0.39, 0.29) is 0 Å². The Morgan fingerprint density at radius 1 is 1.29 bits per heavy atom. The van der Waals surface area contributed by atoms with Crippen molar-refractivity contribution < 1.29 is 0 Å². The molecule has 1 N–H and O–H groups in total. The summed E-state index contributed by atoms with van der Waals surface area (Å²) in [5.41, 5.74) is 1.60. The first-order chi connectivity index (χ1) is 6.77. The van der Waals surface area contributed by atoms with Crippen LogP contribution in [0.25, 0.3) is 11.1 Å². The SMILES string of the molecule is S=c1[nH]nc(Cl)cc1-c1cncnc1. The van der Waals surface area contributed by atoms with Gasteiger partial charge < -0.3 is 0 Å². The summed E-state index contributed by atoms with van der Waals surface area (Å²) in [6.45, 7) is 0. The number of H-pyrrole nitrogens is 1. The van der Waals surface area contributed by atoms with Crippen molar-refractivity contribution in [3.63, 3.8) is 0 Å². The molecule has 0 bridgehead atoms. The van der Waals surface area contributed by atoms with E-state index in [1.807, 2.05) is 0 Å². The van der Waals surface area contributed by atoms with Gasteiger partial charge in [0.1, 0.15) is 16.1 Å². The molecule has 0 amide bonds. The third-order valence-corrected chi connectivity index (χ3v) is 2.15. The van der Waals surface area contributed by atoms with Crippen LogP contribution in [0, 0.1) is 4.64 Å². The summed E-state index contributed by atoms with van der Waals surface area (Å²) in [7, 11) is 0. The van der Waals surface area contributed by atoms with Gasteiger partial charge in [0.05, 0.1) is 0 Å². The molecule has 0 aliphatic carbocycles. The number of hydrogen-bond donors (Lipinski definition) is 1. The molecule has 2 rings (SSSR count). The minimum absolute atomic E-state index is 0.359. The Labute approximate surface area is 90.0 Å². The number of hydrogen-bond acceptors (Lipinski definition) is 4. The fraction of sp³-hybridized carbons (Fsp3) is 0. The van der Waals surface area contributed by atoms with E-state index in [0.717, 1.165) is 11.1 Å². The van der Waals surface area contributed by atoms with Crippen LogP contribution >= 0.6 is 23.8 Å². The quantitative estimate of drug-likeness (QED) is 0.755. The Morgan fingerprint density at radius 3 is 2.71 bits per heavy atom. The van der Waals surface area contributed by atoms with E-state index in [0.29, 0.717) is 9.79 Å². The van der Waals surface area contributed by atoms with Gasteiger partial charge in [-0.25, -0.2) is 9.97 Å². The highest BCUT2D eigenvalue weighted by Crippen LogP contribution is 2.19. The van der Waals surface area contributed by atoms with E-state index in [9.17, 15) is 0 Å². The molecule has 0 unspecified atom stereocenters. The number of nitrogens with zero attached hydrogens (tertiary/aromatic N) is 3. The van der Waals surface area contributed by atoms with E-state index in [4.69, 9.17) is 23.8 Å². The van der Waals surface area contributed by atoms with Gasteiger partial charge in [0.2, 0.25) is 0 Å². The van der Waals surface area contributed by atoms with Crippen molar-refractivity contribution in [2.24, 2.45) is 0 Å². The molecular weight excluding hydrogens is 220 g/mol. The van der Waals surface area contributed by atoms with E-state index in [1.54, 1.807) is 18.5 Å². The van der Waals surface area contributed by atoms with Crippen molar-refractivity contribution >= 4 is 23.8 Å². The minimum atomic E-state index is 0.359. The molecule has 14 heavy (non-hydrogen) atoms. The third-order valence-electron chi connectivity index (χ3n) is 1.64. The first-order valence-electron chi connectivity index (χ1n) is 3.78. The van der Waals surface area contributed by atoms with Gasteiger partial charge in [-0.3, -0.25) is 5.10 Å². The highest BCUT2D eigenvalue weighted by Gasteiger charge is 2.02. The van der Waals surface area contributed by atoms with E-state index >= 15 is 0 Å². The van der Waals surface area contributed by atoms with Crippen LogP contribution in [0.3, 0.4) is 0 Å². The molecule has 0 spiro atoms. The second-order valence-corrected chi connectivity index (χ2v) is 3.36. The third kappa shape index (κ3) is 1.78. The van der Waals surface area contributed by atoms with Crippen LogP contribution in [0.5, 0.6) is 0 Å². The molecule has 70 valence electrons. The van der Waals surface area contributed by atoms with Gasteiger partial charge in [-0.15, -0.1) is 0 Å². The van der Waals surface area contributed by atoms with Crippen molar-refractivity contribution in [1.29, 1.82) is 0 Å². The average molecular weight is 225 g/mol. The lowest BCUT2D eigenvalue weighted by Gasteiger charge is -1.99. The standard InChI is InChI=1S/C8H5ClN4S/c9-7-1-6(8(14)13-12-7)5-2-10-4-11-3-5/h1-4H,(H,13,14). The first kappa shape index (κ1) is 9.23. The maximum absolute atomic E-state index is 5.74. The Hall–Kier alpha value is -1.33. The van der Waals surface area contributed by atoms with Gasteiger partial charge in [-0.05, 0) is 6.07 Å². The maximum Gasteiger partial charge on any atom is 0.150 e. The second kappa shape index (κ2) is 3.81. The van der Waals surface area contributed by atoms with Crippen molar-refractivity contribution in [2.45, 2.75) is 0 Å². The Kier molecular flexibility index (Phi) is 2.51. The largest absolute Gasteiger partial charge is 0.266 e. The second-order valence-electron chi connectivity index (χ2n) is 2.56. The molecular formula is C8H5ClN4S. The lowest BCUT2D eigenvalue weighted by atomic mass is 10.2. The molecule has 0 fully saturated rings. The van der Waals surface area contributed by atoms with Gasteiger partial charge in [-0.2, -0.15) is 5.10 Å². The highest BCUT2D eigenvalue weighted by atomic mass is 35.5. The van der Waals surface area contributed by atoms with Crippen molar-refractivity contribution in [2.75, 3.05) is 0 Å². The molecule has 0 saturated heterocycles. The predicted molar refractivity (Wildman–Crippen MR) is 55.5 cm³/mol. The molecule has 0 aliphatic rings. The van der Waals surface area contributed by atoms with Gasteiger partial charge in [-0.1, -0.05) is 23.8 Å². The molecule has 0 radical (unpaired) electrons. The molecule has 2 aromatic heterocycles. The smallest absolute Gasteiger partial charge is 0.150 e. The molecule has 2 aromatic rings. The van der Waals surface area contributed by atoms with E-state index in [2.05, 4.69) is 20.2 Å². The maximum atomic E-state index is 5.74. The first-order valence-corrected chi connectivity index (χ1v) is 4.56. The fourth-order valence-corrected chi connectivity index (χ4v) is 1.41. The summed E-state index contributed by atoms with van der Waals surface area (Å²) in [5.74, 6) is 0. The molecule has 0 saturated carbocycles. The number of halogens is 1. The topological polar surface area (TPSA) is 54.5 Å². The zero-order valence-electron chi connectivity index (χ0n) is 6.94. The van der Waals surface area contributed by atoms with Gasteiger partial charge >= 0.3 is 0 Å². The Morgan fingerprint density at radius 2 is 2.00 bits per heavy atom. The lowest BCUT2D eigenvalue weighted by Crippen LogP contribution is -1.88. The van der Waals surface area contributed by atoms with Crippen LogP contribution in [0.4, 0.5) is 0 Å². The molecule has 4 nitrogen and oxygen atoms in total. The summed E-state index contributed by atoms with van der Waals surface area (Å²) in [4.78, 5) is 7.79. The predicted octanol–water partition coefficient (Wildman–Crippen LogP) is 2.25. The zero-order valence-corrected chi connectivity index (χ0v) is 8.51. The summed E-state index contributed by atoms with van der Waals surface area (Å²) in [5, 5.41) is 6.76. The van der Waals surface area contributed by atoms with Crippen LogP contribution in [-0.2, 0) is 0 Å². The Balaban J connectivity index is 2.63. The van der Waals surface area contributed by atoms with Gasteiger partial charge in [0.15, 0.2) is 0 Å². The van der Waals surface area contributed by atoms with Crippen LogP contribution in [0.15, 0.2) is 24.8 Å². The lowest BCUT2D eigenvalue weighted by molar-refractivity contribution is 1.02. The number of rotatable bonds is 1. The van der Waals surface area contributed by atoms with Crippen LogP contribution in [0.2, 0.25) is 5.15 Å². The average Bonchev–Trinajstić information content (AvgIpc) is 2.23. The number of nitrogens with one attached hydrogen (secondary N) is 1. The molecule has 0 aliphatic heterocycles. The van der Waals surface area contributed by atoms with Crippen LogP contribution < -0.4 is 0 Å². The monoisotopic (exact) mass is 224 g/mol. The normalized spacial score (nSPS) is 10.1. The van der Waals surface area contributed by atoms with Crippen molar-refractivity contribution in [3.05, 3.63) is 34.6 Å². The van der Waals surface area contributed by atoms with Gasteiger partial charge in [0, 0.05) is 23.5 Å². The molecule has 2 heterocycles. The highest BCUT2D eigenvalue weighted by molar-refractivity contribution is 7.71. The van der Waals surface area contributed by atoms with Crippen molar-refractivity contribution in [3.8, 4) is 11.1 Å².